The summed E-state index contributed by atoms with van der Waals surface area (Å²) >= 11 is 3.40. The minimum Gasteiger partial charge on any atom is -0.463 e. The van der Waals surface area contributed by atoms with Crippen LogP contribution < -0.4 is 0 Å². The van der Waals surface area contributed by atoms with Gasteiger partial charge in [-0.1, -0.05) is 58.4 Å². The molecule has 0 unspecified atom stereocenters. The van der Waals surface area contributed by atoms with Crippen LogP contribution in [-0.2, 0) is 11.3 Å². The monoisotopic (exact) mass is 370 g/mol. The van der Waals surface area contributed by atoms with Crippen molar-refractivity contribution in [1.82, 2.24) is 0 Å². The standard InChI is InChI=1S/C19H15BrO3/c1-13-11-22-18(15-7-9-16(20)10-8-15)17(13)19(21)23-12-14-5-3-2-4-6-14/h2-11H,12H2,1H3. The first kappa shape index (κ1) is 15.6. The first-order valence-electron chi connectivity index (χ1n) is 7.20. The summed E-state index contributed by atoms with van der Waals surface area (Å²) in [5.41, 5.74) is 3.03. The number of aryl methyl sites for hydroxylation is 1. The Morgan fingerprint density at radius 2 is 1.78 bits per heavy atom. The maximum Gasteiger partial charge on any atom is 0.342 e. The normalized spacial score (nSPS) is 10.5. The number of furan rings is 1. The van der Waals surface area contributed by atoms with Crippen LogP contribution in [0.3, 0.4) is 0 Å². The fraction of sp³-hybridized carbons (Fsp3) is 0.105. The molecular formula is C19H15BrO3. The van der Waals surface area contributed by atoms with Crippen LogP contribution in [0.5, 0.6) is 0 Å². The highest BCUT2D eigenvalue weighted by Gasteiger charge is 2.21. The second-order valence-electron chi connectivity index (χ2n) is 5.19. The summed E-state index contributed by atoms with van der Waals surface area (Å²) in [6, 6.07) is 17.2. The molecule has 3 rings (SSSR count). The molecule has 0 radical (unpaired) electrons. The molecule has 3 aromatic rings. The van der Waals surface area contributed by atoms with Crippen molar-refractivity contribution in [3.63, 3.8) is 0 Å². The number of rotatable bonds is 4. The van der Waals surface area contributed by atoms with E-state index < -0.39 is 0 Å². The molecule has 23 heavy (non-hydrogen) atoms. The predicted octanol–water partition coefficient (Wildman–Crippen LogP) is 5.37. The van der Waals surface area contributed by atoms with Crippen LogP contribution >= 0.6 is 15.9 Å². The minimum absolute atomic E-state index is 0.240. The average Bonchev–Trinajstić information content (AvgIpc) is 2.96. The van der Waals surface area contributed by atoms with Crippen molar-refractivity contribution in [2.45, 2.75) is 13.5 Å². The Hall–Kier alpha value is -2.33. The van der Waals surface area contributed by atoms with Crippen molar-refractivity contribution in [1.29, 1.82) is 0 Å². The molecule has 0 amide bonds. The van der Waals surface area contributed by atoms with Gasteiger partial charge in [0.25, 0.3) is 0 Å². The van der Waals surface area contributed by atoms with Crippen LogP contribution in [0.4, 0.5) is 0 Å². The molecule has 3 nitrogen and oxygen atoms in total. The molecule has 0 atom stereocenters. The van der Waals surface area contributed by atoms with Gasteiger partial charge in [-0.3, -0.25) is 0 Å². The fourth-order valence-corrected chi connectivity index (χ4v) is 2.57. The number of carbonyl (C=O) groups excluding carboxylic acids is 1. The van der Waals surface area contributed by atoms with Gasteiger partial charge in [-0.15, -0.1) is 0 Å². The zero-order valence-corrected chi connectivity index (χ0v) is 14.2. The van der Waals surface area contributed by atoms with Crippen molar-refractivity contribution in [3.8, 4) is 11.3 Å². The van der Waals surface area contributed by atoms with E-state index in [1.54, 1.807) is 6.26 Å². The van der Waals surface area contributed by atoms with Crippen molar-refractivity contribution >= 4 is 21.9 Å². The van der Waals surface area contributed by atoms with Crippen LogP contribution in [0.15, 0.2) is 69.8 Å². The van der Waals surface area contributed by atoms with Gasteiger partial charge in [0, 0.05) is 15.6 Å². The molecule has 2 aromatic carbocycles. The number of carbonyl (C=O) groups is 1. The van der Waals surface area contributed by atoms with Crippen LogP contribution in [-0.4, -0.2) is 5.97 Å². The van der Waals surface area contributed by atoms with Crippen LogP contribution in [0.25, 0.3) is 11.3 Å². The summed E-state index contributed by atoms with van der Waals surface area (Å²) in [6.07, 6.45) is 1.58. The van der Waals surface area contributed by atoms with Crippen LogP contribution in [0.2, 0.25) is 0 Å². The third kappa shape index (κ3) is 3.54. The molecule has 0 spiro atoms. The summed E-state index contributed by atoms with van der Waals surface area (Å²) in [5.74, 6) is 0.158. The lowest BCUT2D eigenvalue weighted by Crippen LogP contribution is -2.07. The Labute approximate surface area is 143 Å². The van der Waals surface area contributed by atoms with Crippen molar-refractivity contribution in [3.05, 3.63) is 82.0 Å². The fourth-order valence-electron chi connectivity index (χ4n) is 2.31. The molecule has 0 aliphatic carbocycles. The maximum atomic E-state index is 12.5. The number of ether oxygens (including phenoxy) is 1. The molecule has 0 bridgehead atoms. The average molecular weight is 371 g/mol. The number of halogens is 1. The van der Waals surface area contributed by atoms with Gasteiger partial charge in [0.05, 0.1) is 6.26 Å². The van der Waals surface area contributed by atoms with E-state index in [-0.39, 0.29) is 12.6 Å². The second-order valence-corrected chi connectivity index (χ2v) is 6.11. The van der Waals surface area contributed by atoms with Gasteiger partial charge in [-0.25, -0.2) is 4.79 Å². The van der Waals surface area contributed by atoms with Gasteiger partial charge >= 0.3 is 5.97 Å². The lowest BCUT2D eigenvalue weighted by atomic mass is 10.1. The van der Waals surface area contributed by atoms with E-state index in [2.05, 4.69) is 15.9 Å². The van der Waals surface area contributed by atoms with Crippen LogP contribution in [0.1, 0.15) is 21.5 Å². The predicted molar refractivity (Wildman–Crippen MR) is 92.1 cm³/mol. The molecular weight excluding hydrogens is 356 g/mol. The smallest absolute Gasteiger partial charge is 0.342 e. The highest BCUT2D eigenvalue weighted by Crippen LogP contribution is 2.29. The highest BCUT2D eigenvalue weighted by molar-refractivity contribution is 9.10. The summed E-state index contributed by atoms with van der Waals surface area (Å²) in [6.45, 7) is 2.08. The topological polar surface area (TPSA) is 39.4 Å². The number of benzene rings is 2. The summed E-state index contributed by atoms with van der Waals surface area (Å²) in [5, 5.41) is 0. The summed E-state index contributed by atoms with van der Waals surface area (Å²) in [4.78, 5) is 12.5. The van der Waals surface area contributed by atoms with Crippen molar-refractivity contribution in [2.24, 2.45) is 0 Å². The lowest BCUT2D eigenvalue weighted by Gasteiger charge is -2.06. The zero-order valence-electron chi connectivity index (χ0n) is 12.6. The molecule has 0 aliphatic heterocycles. The third-order valence-corrected chi connectivity index (χ3v) is 4.03. The van der Waals surface area contributed by atoms with Gasteiger partial charge in [0.15, 0.2) is 0 Å². The minimum atomic E-state index is -0.377. The Balaban J connectivity index is 1.83. The van der Waals surface area contributed by atoms with Gasteiger partial charge in [-0.05, 0) is 24.6 Å². The second kappa shape index (κ2) is 6.84. The van der Waals surface area contributed by atoms with E-state index in [1.807, 2.05) is 61.5 Å². The van der Waals surface area contributed by atoms with E-state index >= 15 is 0 Å². The van der Waals surface area contributed by atoms with E-state index in [4.69, 9.17) is 9.15 Å². The first-order valence-corrected chi connectivity index (χ1v) is 7.99. The van der Waals surface area contributed by atoms with Crippen molar-refractivity contribution in [2.75, 3.05) is 0 Å². The van der Waals surface area contributed by atoms with E-state index in [9.17, 15) is 4.79 Å². The van der Waals surface area contributed by atoms with Crippen molar-refractivity contribution < 1.29 is 13.9 Å². The quantitative estimate of drug-likeness (QED) is 0.579. The summed E-state index contributed by atoms with van der Waals surface area (Å²) < 4.78 is 12.0. The SMILES string of the molecule is Cc1coc(-c2ccc(Br)cc2)c1C(=O)OCc1ccccc1. The van der Waals surface area contributed by atoms with Gasteiger partial charge in [-0.2, -0.15) is 0 Å². The Kier molecular flexibility index (Phi) is 4.63. The largest absolute Gasteiger partial charge is 0.463 e. The molecule has 0 saturated carbocycles. The summed E-state index contributed by atoms with van der Waals surface area (Å²) in [7, 11) is 0. The molecule has 0 N–H and O–H groups in total. The Morgan fingerprint density at radius 3 is 2.48 bits per heavy atom. The van der Waals surface area contributed by atoms with Gasteiger partial charge < -0.3 is 9.15 Å². The molecule has 1 heterocycles. The number of esters is 1. The Bertz CT molecular complexity index is 804. The van der Waals surface area contributed by atoms with E-state index in [0.29, 0.717) is 11.3 Å². The van der Waals surface area contributed by atoms with Gasteiger partial charge in [0.1, 0.15) is 17.9 Å². The molecule has 116 valence electrons. The van der Waals surface area contributed by atoms with Crippen LogP contribution in [0, 0.1) is 6.92 Å². The molecule has 1 aromatic heterocycles. The molecule has 4 heteroatoms. The van der Waals surface area contributed by atoms with E-state index in [1.165, 1.54) is 0 Å². The van der Waals surface area contributed by atoms with Gasteiger partial charge in [0.2, 0.25) is 0 Å². The van der Waals surface area contributed by atoms with E-state index in [0.717, 1.165) is 21.2 Å². The Morgan fingerprint density at radius 1 is 1.09 bits per heavy atom. The zero-order chi connectivity index (χ0) is 16.2. The molecule has 0 aliphatic rings. The third-order valence-electron chi connectivity index (χ3n) is 3.50. The number of hydrogen-bond acceptors (Lipinski definition) is 3. The highest BCUT2D eigenvalue weighted by atomic mass is 79.9. The molecule has 0 fully saturated rings. The number of hydrogen-bond donors (Lipinski definition) is 0. The first-order chi connectivity index (χ1) is 11.1. The molecule has 0 saturated heterocycles. The lowest BCUT2D eigenvalue weighted by molar-refractivity contribution is 0.0472. The maximum absolute atomic E-state index is 12.5.